The standard InChI is InChI=1S/C15H21FO4S/c1-3-4-11-12(17-7-10-5-6-21-8-10)13-14(18-11)20-15(2,9-16)19-13/h5-6,8,11-14H,3-4,7,9H2,1-2H3/t11-,12+,13-,14-,15?/m1/s1. The molecule has 0 amide bonds. The van der Waals surface area contributed by atoms with E-state index in [2.05, 4.69) is 12.3 Å². The minimum atomic E-state index is -1.21. The number of rotatable bonds is 6. The predicted molar refractivity (Wildman–Crippen MR) is 76.8 cm³/mol. The fraction of sp³-hybridized carbons (Fsp3) is 0.733. The van der Waals surface area contributed by atoms with Gasteiger partial charge in [0.1, 0.15) is 18.9 Å². The van der Waals surface area contributed by atoms with Crippen LogP contribution in [0.4, 0.5) is 4.39 Å². The molecule has 4 nitrogen and oxygen atoms in total. The Morgan fingerprint density at radius 3 is 2.95 bits per heavy atom. The summed E-state index contributed by atoms with van der Waals surface area (Å²) < 4.78 is 36.2. The van der Waals surface area contributed by atoms with Gasteiger partial charge in [-0.15, -0.1) is 0 Å². The molecule has 0 aromatic carbocycles. The molecule has 0 aliphatic carbocycles. The van der Waals surface area contributed by atoms with Gasteiger partial charge in [0.05, 0.1) is 12.7 Å². The van der Waals surface area contributed by atoms with Crippen molar-refractivity contribution in [2.45, 2.75) is 63.7 Å². The van der Waals surface area contributed by atoms with Gasteiger partial charge in [0.15, 0.2) is 12.1 Å². The van der Waals surface area contributed by atoms with Crippen LogP contribution in [0.5, 0.6) is 0 Å². The van der Waals surface area contributed by atoms with E-state index in [0.717, 1.165) is 18.4 Å². The van der Waals surface area contributed by atoms with Crippen molar-refractivity contribution >= 4 is 11.3 Å². The molecule has 6 heteroatoms. The Morgan fingerprint density at radius 2 is 2.29 bits per heavy atom. The quantitative estimate of drug-likeness (QED) is 0.807. The summed E-state index contributed by atoms with van der Waals surface area (Å²) in [6.07, 6.45) is 0.690. The van der Waals surface area contributed by atoms with Crippen molar-refractivity contribution in [2.75, 3.05) is 6.67 Å². The van der Waals surface area contributed by atoms with E-state index >= 15 is 0 Å². The van der Waals surface area contributed by atoms with Gasteiger partial charge in [-0.2, -0.15) is 11.3 Å². The van der Waals surface area contributed by atoms with E-state index in [4.69, 9.17) is 18.9 Å². The van der Waals surface area contributed by atoms with Crippen molar-refractivity contribution in [3.63, 3.8) is 0 Å². The average Bonchev–Trinajstić information content (AvgIpc) is 3.14. The Labute approximate surface area is 128 Å². The molecule has 0 saturated carbocycles. The monoisotopic (exact) mass is 316 g/mol. The molecule has 5 atom stereocenters. The lowest BCUT2D eigenvalue weighted by molar-refractivity contribution is -0.234. The number of halogens is 1. The molecule has 3 heterocycles. The number of fused-ring (bicyclic) bond motifs is 1. The van der Waals surface area contributed by atoms with Crippen molar-refractivity contribution in [1.82, 2.24) is 0 Å². The Morgan fingerprint density at radius 1 is 1.43 bits per heavy atom. The van der Waals surface area contributed by atoms with E-state index in [1.165, 1.54) is 0 Å². The highest BCUT2D eigenvalue weighted by Crippen LogP contribution is 2.40. The first-order valence-corrected chi connectivity index (χ1v) is 8.29. The maximum atomic E-state index is 13.0. The van der Waals surface area contributed by atoms with Crippen LogP contribution in [-0.2, 0) is 25.6 Å². The molecule has 2 saturated heterocycles. The van der Waals surface area contributed by atoms with Gasteiger partial charge >= 0.3 is 0 Å². The first kappa shape index (κ1) is 15.4. The van der Waals surface area contributed by atoms with Crippen LogP contribution >= 0.6 is 11.3 Å². The molecule has 0 N–H and O–H groups in total. The highest BCUT2D eigenvalue weighted by Gasteiger charge is 2.56. The molecular formula is C15H21FO4S. The highest BCUT2D eigenvalue weighted by molar-refractivity contribution is 7.07. The molecule has 0 bridgehead atoms. The molecule has 2 fully saturated rings. The van der Waals surface area contributed by atoms with Crippen LogP contribution < -0.4 is 0 Å². The second kappa shape index (κ2) is 6.30. The number of ether oxygens (including phenoxy) is 4. The maximum Gasteiger partial charge on any atom is 0.197 e. The SMILES string of the molecule is CCC[C@H]1O[C@@H]2OC(C)(CF)O[C@@H]2[C@H]1OCc1ccsc1. The number of alkyl halides is 1. The normalized spacial score (nSPS) is 38.8. The Balaban J connectivity index is 1.67. The molecule has 1 aromatic rings. The zero-order valence-corrected chi connectivity index (χ0v) is 13.1. The zero-order chi connectivity index (χ0) is 14.9. The third-order valence-corrected chi connectivity index (χ3v) is 4.59. The maximum absolute atomic E-state index is 13.0. The Kier molecular flexibility index (Phi) is 4.61. The molecular weight excluding hydrogens is 295 g/mol. The summed E-state index contributed by atoms with van der Waals surface area (Å²) in [4.78, 5) is 0. The fourth-order valence-electron chi connectivity index (χ4n) is 2.82. The number of hydrogen-bond acceptors (Lipinski definition) is 5. The third kappa shape index (κ3) is 3.14. The zero-order valence-electron chi connectivity index (χ0n) is 12.3. The molecule has 2 aliphatic rings. The summed E-state index contributed by atoms with van der Waals surface area (Å²) in [5, 5.41) is 4.07. The Bertz CT molecular complexity index is 455. The predicted octanol–water partition coefficient (Wildman–Crippen LogP) is 3.26. The summed E-state index contributed by atoms with van der Waals surface area (Å²) in [5.41, 5.74) is 1.13. The van der Waals surface area contributed by atoms with Crippen LogP contribution in [0, 0.1) is 0 Å². The summed E-state index contributed by atoms with van der Waals surface area (Å²) in [5.74, 6) is -1.21. The molecule has 1 unspecified atom stereocenters. The van der Waals surface area contributed by atoms with E-state index in [0.29, 0.717) is 6.61 Å². The van der Waals surface area contributed by atoms with Crippen LogP contribution in [0.3, 0.4) is 0 Å². The van der Waals surface area contributed by atoms with E-state index in [1.54, 1.807) is 18.3 Å². The number of thiophene rings is 1. The van der Waals surface area contributed by atoms with Crippen LogP contribution in [0.2, 0.25) is 0 Å². The summed E-state index contributed by atoms with van der Waals surface area (Å²) >= 11 is 1.64. The van der Waals surface area contributed by atoms with Crippen LogP contribution in [0.15, 0.2) is 16.8 Å². The van der Waals surface area contributed by atoms with Crippen molar-refractivity contribution in [3.05, 3.63) is 22.4 Å². The smallest absolute Gasteiger partial charge is 0.197 e. The molecule has 118 valence electrons. The number of hydrogen-bond donors (Lipinski definition) is 0. The van der Waals surface area contributed by atoms with Crippen molar-refractivity contribution < 1.29 is 23.3 Å². The average molecular weight is 316 g/mol. The van der Waals surface area contributed by atoms with E-state index in [1.807, 2.05) is 11.4 Å². The topological polar surface area (TPSA) is 36.9 Å². The van der Waals surface area contributed by atoms with Crippen LogP contribution in [0.25, 0.3) is 0 Å². The lowest BCUT2D eigenvalue weighted by atomic mass is 10.1. The summed E-state index contributed by atoms with van der Waals surface area (Å²) in [6, 6.07) is 2.03. The van der Waals surface area contributed by atoms with Crippen molar-refractivity contribution in [3.8, 4) is 0 Å². The highest BCUT2D eigenvalue weighted by atomic mass is 32.1. The first-order chi connectivity index (χ1) is 10.1. The van der Waals surface area contributed by atoms with Gasteiger partial charge in [-0.3, -0.25) is 0 Å². The van der Waals surface area contributed by atoms with Gasteiger partial charge < -0.3 is 18.9 Å². The van der Waals surface area contributed by atoms with Gasteiger partial charge in [-0.05, 0) is 35.7 Å². The minimum Gasteiger partial charge on any atom is -0.368 e. The molecule has 0 spiro atoms. The first-order valence-electron chi connectivity index (χ1n) is 7.35. The van der Waals surface area contributed by atoms with Crippen LogP contribution in [0.1, 0.15) is 32.3 Å². The molecule has 21 heavy (non-hydrogen) atoms. The van der Waals surface area contributed by atoms with Gasteiger partial charge in [0, 0.05) is 0 Å². The largest absolute Gasteiger partial charge is 0.368 e. The third-order valence-electron chi connectivity index (χ3n) is 3.86. The molecule has 1 aromatic heterocycles. The van der Waals surface area contributed by atoms with Crippen molar-refractivity contribution in [1.29, 1.82) is 0 Å². The molecule has 2 aliphatic heterocycles. The second-order valence-corrected chi connectivity index (χ2v) is 6.49. The van der Waals surface area contributed by atoms with Crippen LogP contribution in [-0.4, -0.2) is 37.1 Å². The lowest BCUT2D eigenvalue weighted by Crippen LogP contribution is -2.38. The summed E-state index contributed by atoms with van der Waals surface area (Å²) in [7, 11) is 0. The van der Waals surface area contributed by atoms with E-state index in [-0.39, 0.29) is 18.3 Å². The summed E-state index contributed by atoms with van der Waals surface area (Å²) in [6.45, 7) is 3.51. The van der Waals surface area contributed by atoms with Gasteiger partial charge in [0.2, 0.25) is 0 Å². The molecule has 3 rings (SSSR count). The Hall–Kier alpha value is -0.530. The van der Waals surface area contributed by atoms with E-state index < -0.39 is 18.8 Å². The van der Waals surface area contributed by atoms with Gasteiger partial charge in [-0.1, -0.05) is 13.3 Å². The van der Waals surface area contributed by atoms with Crippen molar-refractivity contribution in [2.24, 2.45) is 0 Å². The fourth-order valence-corrected chi connectivity index (χ4v) is 3.47. The minimum absolute atomic E-state index is 0.0622. The molecule has 0 radical (unpaired) electrons. The lowest BCUT2D eigenvalue weighted by Gasteiger charge is -2.26. The van der Waals surface area contributed by atoms with Gasteiger partial charge in [-0.25, -0.2) is 4.39 Å². The van der Waals surface area contributed by atoms with E-state index in [9.17, 15) is 4.39 Å². The van der Waals surface area contributed by atoms with Gasteiger partial charge in [0.25, 0.3) is 0 Å². The second-order valence-electron chi connectivity index (χ2n) is 5.71.